The molecule has 1 atom stereocenters. The molecule has 0 unspecified atom stereocenters. The normalized spacial score (nSPS) is 18.9. The quantitative estimate of drug-likeness (QED) is 0.773. The molecule has 1 amide bonds. The van der Waals surface area contributed by atoms with Crippen LogP contribution in [0.3, 0.4) is 0 Å². The van der Waals surface area contributed by atoms with E-state index in [9.17, 15) is 13.2 Å². The van der Waals surface area contributed by atoms with Crippen molar-refractivity contribution in [1.82, 2.24) is 14.7 Å². The lowest BCUT2D eigenvalue weighted by Gasteiger charge is -2.25. The van der Waals surface area contributed by atoms with Crippen molar-refractivity contribution in [3.63, 3.8) is 0 Å². The van der Waals surface area contributed by atoms with E-state index in [-0.39, 0.29) is 17.7 Å². The number of nitrogens with zero attached hydrogens (tertiary/aromatic N) is 2. The second kappa shape index (κ2) is 5.45. The van der Waals surface area contributed by atoms with Crippen LogP contribution in [-0.2, 0) is 9.84 Å². The van der Waals surface area contributed by atoms with Crippen LogP contribution in [0.25, 0.3) is 5.65 Å². The number of aromatic nitrogens is 2. The number of carbonyl (C=O) groups excluding carboxylic acids is 1. The van der Waals surface area contributed by atoms with Gasteiger partial charge in [0.2, 0.25) is 0 Å². The van der Waals surface area contributed by atoms with Gasteiger partial charge in [0.15, 0.2) is 9.84 Å². The van der Waals surface area contributed by atoms with Gasteiger partial charge in [-0.2, -0.15) is 0 Å². The number of nitrogens with one attached hydrogen (secondary N) is 1. The van der Waals surface area contributed by atoms with Crippen LogP contribution in [0.15, 0.2) is 59.8 Å². The van der Waals surface area contributed by atoms with Crippen molar-refractivity contribution < 1.29 is 13.2 Å². The summed E-state index contributed by atoms with van der Waals surface area (Å²) in [6, 6.07) is 12.0. The highest BCUT2D eigenvalue weighted by molar-refractivity contribution is 7.91. The maximum absolute atomic E-state index is 12.5. The zero-order chi connectivity index (χ0) is 16.7. The predicted octanol–water partition coefficient (Wildman–Crippen LogP) is 1.98. The number of sulfone groups is 1. The third kappa shape index (κ3) is 2.46. The van der Waals surface area contributed by atoms with Gasteiger partial charge in [0, 0.05) is 12.4 Å². The Hall–Kier alpha value is -2.67. The maximum Gasteiger partial charge on any atom is 0.271 e. The highest BCUT2D eigenvalue weighted by Crippen LogP contribution is 2.32. The number of rotatable bonds is 2. The Morgan fingerprint density at radius 1 is 1.17 bits per heavy atom. The fourth-order valence-electron chi connectivity index (χ4n) is 3.02. The van der Waals surface area contributed by atoms with Gasteiger partial charge in [-0.3, -0.25) is 4.79 Å². The van der Waals surface area contributed by atoms with Gasteiger partial charge in [-0.05, 0) is 30.2 Å². The first-order chi connectivity index (χ1) is 11.5. The van der Waals surface area contributed by atoms with Crippen LogP contribution in [-0.4, -0.2) is 29.5 Å². The zero-order valence-electron chi connectivity index (χ0n) is 12.7. The number of carbonyl (C=O) groups is 1. The molecule has 1 aliphatic heterocycles. The molecule has 0 spiro atoms. The van der Waals surface area contributed by atoms with Crippen LogP contribution in [0, 0.1) is 0 Å². The van der Waals surface area contributed by atoms with Crippen LogP contribution in [0.4, 0.5) is 0 Å². The third-order valence-electron chi connectivity index (χ3n) is 4.21. The molecular formula is C17H15N3O3S. The number of hydrogen-bond acceptors (Lipinski definition) is 4. The summed E-state index contributed by atoms with van der Waals surface area (Å²) < 4.78 is 26.1. The monoisotopic (exact) mass is 341 g/mol. The molecule has 1 aromatic carbocycles. The Morgan fingerprint density at radius 3 is 2.79 bits per heavy atom. The van der Waals surface area contributed by atoms with Gasteiger partial charge in [0.25, 0.3) is 5.91 Å². The van der Waals surface area contributed by atoms with E-state index in [1.807, 2.05) is 24.4 Å². The molecule has 0 saturated carbocycles. The first kappa shape index (κ1) is 14.9. The molecule has 6 nitrogen and oxygen atoms in total. The lowest BCUT2D eigenvalue weighted by molar-refractivity contribution is 0.0930. The van der Waals surface area contributed by atoms with Crippen molar-refractivity contribution in [2.24, 2.45) is 0 Å². The summed E-state index contributed by atoms with van der Waals surface area (Å²) in [7, 11) is -3.27. The number of amides is 1. The van der Waals surface area contributed by atoms with Crippen molar-refractivity contribution >= 4 is 21.4 Å². The average molecular weight is 341 g/mol. The van der Waals surface area contributed by atoms with Crippen molar-refractivity contribution in [2.45, 2.75) is 17.4 Å². The van der Waals surface area contributed by atoms with Gasteiger partial charge in [0.05, 0.1) is 16.7 Å². The smallest absolute Gasteiger partial charge is 0.271 e. The fraction of sp³-hybridized carbons (Fsp3) is 0.176. The van der Waals surface area contributed by atoms with E-state index >= 15 is 0 Å². The van der Waals surface area contributed by atoms with Crippen molar-refractivity contribution in [3.8, 4) is 0 Å². The lowest BCUT2D eigenvalue weighted by atomic mass is 10.0. The Balaban J connectivity index is 1.64. The second-order valence-corrected chi connectivity index (χ2v) is 7.84. The number of hydrogen-bond donors (Lipinski definition) is 1. The maximum atomic E-state index is 12.5. The van der Waals surface area contributed by atoms with E-state index in [1.165, 1.54) is 0 Å². The zero-order valence-corrected chi connectivity index (χ0v) is 13.5. The number of imidazole rings is 1. The molecule has 7 heteroatoms. The molecule has 3 aromatic rings. The first-order valence-corrected chi connectivity index (χ1v) is 9.26. The molecule has 0 fully saturated rings. The van der Waals surface area contributed by atoms with Crippen LogP contribution in [0.1, 0.15) is 28.5 Å². The standard InChI is InChI=1S/C17H15N3O3S/c21-17(14-11-20-9-4-3-7-16(20)18-14)19-13-8-10-24(22,23)15-6-2-1-5-12(13)15/h1-7,9,11,13H,8,10H2,(H,19,21)/t13-/m0/s1. The first-order valence-electron chi connectivity index (χ1n) is 7.61. The van der Waals surface area contributed by atoms with Gasteiger partial charge in [-0.15, -0.1) is 0 Å². The predicted molar refractivity (Wildman–Crippen MR) is 88.5 cm³/mol. The van der Waals surface area contributed by atoms with Crippen molar-refractivity contribution in [1.29, 1.82) is 0 Å². The molecule has 2 aromatic heterocycles. The van der Waals surface area contributed by atoms with E-state index in [1.54, 1.807) is 34.9 Å². The highest BCUT2D eigenvalue weighted by atomic mass is 32.2. The SMILES string of the molecule is O=C(N[C@H]1CCS(=O)(=O)c2ccccc21)c1cn2ccccc2n1. The summed E-state index contributed by atoms with van der Waals surface area (Å²) in [5, 5.41) is 2.91. The summed E-state index contributed by atoms with van der Waals surface area (Å²) in [5.41, 5.74) is 1.64. The molecule has 0 radical (unpaired) electrons. The van der Waals surface area contributed by atoms with Crippen LogP contribution in [0.2, 0.25) is 0 Å². The summed E-state index contributed by atoms with van der Waals surface area (Å²) in [5.74, 6) is -0.280. The molecule has 122 valence electrons. The molecule has 1 aliphatic rings. The van der Waals surface area contributed by atoms with E-state index < -0.39 is 9.84 Å². The van der Waals surface area contributed by atoms with E-state index in [0.29, 0.717) is 28.2 Å². The van der Waals surface area contributed by atoms with E-state index in [4.69, 9.17) is 0 Å². The Bertz CT molecular complexity index is 1010. The molecule has 0 saturated heterocycles. The molecule has 24 heavy (non-hydrogen) atoms. The Labute approximate surface area is 139 Å². The Kier molecular flexibility index (Phi) is 3.38. The molecular weight excluding hydrogens is 326 g/mol. The van der Waals surface area contributed by atoms with Crippen LogP contribution >= 0.6 is 0 Å². The summed E-state index contributed by atoms with van der Waals surface area (Å²) in [6.07, 6.45) is 3.84. The second-order valence-electron chi connectivity index (χ2n) is 5.76. The average Bonchev–Trinajstić information content (AvgIpc) is 3.02. The van der Waals surface area contributed by atoms with Crippen molar-refractivity contribution in [2.75, 3.05) is 5.75 Å². The summed E-state index contributed by atoms with van der Waals surface area (Å²) in [6.45, 7) is 0. The minimum Gasteiger partial charge on any atom is -0.344 e. The largest absolute Gasteiger partial charge is 0.344 e. The molecule has 0 aliphatic carbocycles. The van der Waals surface area contributed by atoms with Gasteiger partial charge in [-0.25, -0.2) is 13.4 Å². The fourth-order valence-corrected chi connectivity index (χ4v) is 4.64. The van der Waals surface area contributed by atoms with Gasteiger partial charge in [-0.1, -0.05) is 24.3 Å². The molecule has 0 bridgehead atoms. The van der Waals surface area contributed by atoms with Gasteiger partial charge < -0.3 is 9.72 Å². The molecule has 3 heterocycles. The number of fused-ring (bicyclic) bond motifs is 2. The van der Waals surface area contributed by atoms with Crippen LogP contribution in [0.5, 0.6) is 0 Å². The van der Waals surface area contributed by atoms with E-state index in [0.717, 1.165) is 0 Å². The minimum atomic E-state index is -3.27. The minimum absolute atomic E-state index is 0.0279. The van der Waals surface area contributed by atoms with Gasteiger partial charge >= 0.3 is 0 Å². The van der Waals surface area contributed by atoms with E-state index in [2.05, 4.69) is 10.3 Å². The number of pyridine rings is 1. The molecule has 1 N–H and O–H groups in total. The number of benzene rings is 1. The topological polar surface area (TPSA) is 80.5 Å². The van der Waals surface area contributed by atoms with Crippen molar-refractivity contribution in [3.05, 3.63) is 66.1 Å². The lowest BCUT2D eigenvalue weighted by Crippen LogP contribution is -2.34. The highest BCUT2D eigenvalue weighted by Gasteiger charge is 2.31. The molecule has 4 rings (SSSR count). The van der Waals surface area contributed by atoms with Gasteiger partial charge in [0.1, 0.15) is 11.3 Å². The summed E-state index contributed by atoms with van der Waals surface area (Å²) >= 11 is 0. The third-order valence-corrected chi connectivity index (χ3v) is 6.02. The van der Waals surface area contributed by atoms with Crippen LogP contribution < -0.4 is 5.32 Å². The Morgan fingerprint density at radius 2 is 1.96 bits per heavy atom. The summed E-state index contributed by atoms with van der Waals surface area (Å²) in [4.78, 5) is 17.1.